The Bertz CT molecular complexity index is 751. The van der Waals surface area contributed by atoms with Crippen molar-refractivity contribution < 1.29 is 14.7 Å². The number of benzene rings is 2. The maximum absolute atomic E-state index is 12.5. The Balaban J connectivity index is 2.05. The van der Waals surface area contributed by atoms with Crippen LogP contribution in [-0.4, -0.2) is 23.5 Å². The number of hydrogen-bond acceptors (Lipinski definition) is 3. The SMILES string of the molecule is CC(C)(C)CC(=O)Nc1cccc(NC(=O)C(CO)c2ccccc2)c1. The molecule has 26 heavy (non-hydrogen) atoms. The number of carbonyl (C=O) groups is 2. The summed E-state index contributed by atoms with van der Waals surface area (Å²) in [5.41, 5.74) is 1.84. The van der Waals surface area contributed by atoms with Crippen molar-refractivity contribution in [2.45, 2.75) is 33.1 Å². The van der Waals surface area contributed by atoms with E-state index in [9.17, 15) is 14.7 Å². The standard InChI is InChI=1S/C21H26N2O3/c1-21(2,3)13-19(25)22-16-10-7-11-17(12-16)23-20(26)18(14-24)15-8-5-4-6-9-15/h4-12,18,24H,13-14H2,1-3H3,(H,22,25)(H,23,26). The third-order valence-corrected chi connectivity index (χ3v) is 3.81. The van der Waals surface area contributed by atoms with Crippen molar-refractivity contribution in [2.75, 3.05) is 17.2 Å². The second-order valence-electron chi connectivity index (χ2n) is 7.50. The van der Waals surface area contributed by atoms with E-state index in [1.165, 1.54) is 0 Å². The van der Waals surface area contributed by atoms with Crippen LogP contribution in [0, 0.1) is 5.41 Å². The van der Waals surface area contributed by atoms with Crippen LogP contribution in [0.3, 0.4) is 0 Å². The van der Waals surface area contributed by atoms with Gasteiger partial charge in [0.15, 0.2) is 0 Å². The van der Waals surface area contributed by atoms with Gasteiger partial charge in [0.1, 0.15) is 0 Å². The van der Waals surface area contributed by atoms with E-state index in [1.54, 1.807) is 24.3 Å². The van der Waals surface area contributed by atoms with E-state index in [0.29, 0.717) is 17.8 Å². The predicted molar refractivity (Wildman–Crippen MR) is 104 cm³/mol. The van der Waals surface area contributed by atoms with Crippen LogP contribution in [-0.2, 0) is 9.59 Å². The Kier molecular flexibility index (Phi) is 6.52. The summed E-state index contributed by atoms with van der Waals surface area (Å²) < 4.78 is 0. The van der Waals surface area contributed by atoms with Crippen LogP contribution in [0.5, 0.6) is 0 Å². The molecule has 3 N–H and O–H groups in total. The van der Waals surface area contributed by atoms with Gasteiger partial charge in [-0.3, -0.25) is 9.59 Å². The van der Waals surface area contributed by atoms with Gasteiger partial charge in [-0.2, -0.15) is 0 Å². The third kappa shape index (κ3) is 6.01. The van der Waals surface area contributed by atoms with Crippen molar-refractivity contribution in [3.05, 3.63) is 60.2 Å². The van der Waals surface area contributed by atoms with Gasteiger partial charge in [-0.05, 0) is 29.2 Å². The number of aliphatic hydroxyl groups excluding tert-OH is 1. The Morgan fingerprint density at radius 2 is 1.58 bits per heavy atom. The topological polar surface area (TPSA) is 78.4 Å². The van der Waals surface area contributed by atoms with Crippen molar-refractivity contribution in [1.29, 1.82) is 0 Å². The summed E-state index contributed by atoms with van der Waals surface area (Å²) >= 11 is 0. The molecule has 0 radical (unpaired) electrons. The van der Waals surface area contributed by atoms with Crippen LogP contribution in [0.2, 0.25) is 0 Å². The molecule has 0 aliphatic rings. The smallest absolute Gasteiger partial charge is 0.234 e. The highest BCUT2D eigenvalue weighted by atomic mass is 16.3. The summed E-state index contributed by atoms with van der Waals surface area (Å²) in [5.74, 6) is -1.01. The molecule has 2 aromatic rings. The maximum atomic E-state index is 12.5. The number of hydrogen-bond donors (Lipinski definition) is 3. The molecule has 2 amide bonds. The highest BCUT2D eigenvalue weighted by Crippen LogP contribution is 2.22. The second-order valence-corrected chi connectivity index (χ2v) is 7.50. The summed E-state index contributed by atoms with van der Waals surface area (Å²) in [7, 11) is 0. The predicted octanol–water partition coefficient (Wildman–Crippen LogP) is 3.78. The number of rotatable bonds is 6. The van der Waals surface area contributed by atoms with Crippen LogP contribution in [0.25, 0.3) is 0 Å². The molecule has 1 atom stereocenters. The molecule has 1 unspecified atom stereocenters. The van der Waals surface area contributed by atoms with Crippen molar-refractivity contribution in [3.63, 3.8) is 0 Å². The van der Waals surface area contributed by atoms with Gasteiger partial charge in [0.25, 0.3) is 0 Å². The average Bonchev–Trinajstić information content (AvgIpc) is 2.55. The first-order valence-electron chi connectivity index (χ1n) is 8.65. The van der Waals surface area contributed by atoms with E-state index >= 15 is 0 Å². The van der Waals surface area contributed by atoms with Gasteiger partial charge in [0, 0.05) is 17.8 Å². The molecule has 5 heteroatoms. The number of aliphatic hydroxyl groups is 1. The molecule has 5 nitrogen and oxygen atoms in total. The van der Waals surface area contributed by atoms with E-state index in [0.717, 1.165) is 5.56 Å². The molecule has 0 saturated heterocycles. The lowest BCUT2D eigenvalue weighted by molar-refractivity contribution is -0.119. The quantitative estimate of drug-likeness (QED) is 0.739. The van der Waals surface area contributed by atoms with Crippen LogP contribution < -0.4 is 10.6 Å². The lowest BCUT2D eigenvalue weighted by Gasteiger charge is -2.18. The zero-order valence-corrected chi connectivity index (χ0v) is 15.5. The fourth-order valence-corrected chi connectivity index (χ4v) is 2.62. The first kappa shape index (κ1) is 19.7. The molecule has 0 fully saturated rings. The molecule has 0 aliphatic heterocycles. The molecule has 138 valence electrons. The minimum absolute atomic E-state index is 0.0708. The molecule has 2 aromatic carbocycles. The fourth-order valence-electron chi connectivity index (χ4n) is 2.62. The maximum Gasteiger partial charge on any atom is 0.234 e. The highest BCUT2D eigenvalue weighted by Gasteiger charge is 2.20. The number of anilines is 2. The van der Waals surface area contributed by atoms with E-state index in [1.807, 2.05) is 51.1 Å². The number of amides is 2. The lowest BCUT2D eigenvalue weighted by Crippen LogP contribution is -2.24. The summed E-state index contributed by atoms with van der Waals surface area (Å²) in [6, 6.07) is 16.1. The van der Waals surface area contributed by atoms with Crippen molar-refractivity contribution in [3.8, 4) is 0 Å². The molecule has 2 rings (SSSR count). The molecule has 0 saturated carbocycles. The summed E-state index contributed by atoms with van der Waals surface area (Å²) in [5, 5.41) is 15.2. The summed E-state index contributed by atoms with van der Waals surface area (Å²) in [6.07, 6.45) is 0.407. The van der Waals surface area contributed by atoms with Crippen LogP contribution in [0.4, 0.5) is 11.4 Å². The summed E-state index contributed by atoms with van der Waals surface area (Å²) in [4.78, 5) is 24.6. The highest BCUT2D eigenvalue weighted by molar-refractivity contribution is 5.97. The third-order valence-electron chi connectivity index (χ3n) is 3.81. The van der Waals surface area contributed by atoms with Crippen molar-refractivity contribution in [2.24, 2.45) is 5.41 Å². The van der Waals surface area contributed by atoms with Gasteiger partial charge >= 0.3 is 0 Å². The van der Waals surface area contributed by atoms with Crippen LogP contribution in [0.15, 0.2) is 54.6 Å². The normalized spacial score (nSPS) is 12.3. The second kappa shape index (κ2) is 8.63. The average molecular weight is 354 g/mol. The van der Waals surface area contributed by atoms with E-state index in [2.05, 4.69) is 10.6 Å². The summed E-state index contributed by atoms with van der Waals surface area (Å²) in [6.45, 7) is 5.73. The lowest BCUT2D eigenvalue weighted by atomic mass is 9.92. The Labute approximate surface area is 154 Å². The van der Waals surface area contributed by atoms with E-state index in [-0.39, 0.29) is 23.8 Å². The van der Waals surface area contributed by atoms with Crippen LogP contribution >= 0.6 is 0 Å². The van der Waals surface area contributed by atoms with Crippen molar-refractivity contribution >= 4 is 23.2 Å². The zero-order valence-electron chi connectivity index (χ0n) is 15.5. The molecule has 0 spiro atoms. The van der Waals surface area contributed by atoms with Gasteiger partial charge in [-0.15, -0.1) is 0 Å². The van der Waals surface area contributed by atoms with Gasteiger partial charge in [-0.25, -0.2) is 0 Å². The number of carbonyl (C=O) groups excluding carboxylic acids is 2. The molecule has 0 aromatic heterocycles. The molecule has 0 bridgehead atoms. The van der Waals surface area contributed by atoms with Crippen LogP contribution in [0.1, 0.15) is 38.7 Å². The monoisotopic (exact) mass is 354 g/mol. The molecular formula is C21H26N2O3. The van der Waals surface area contributed by atoms with Crippen molar-refractivity contribution in [1.82, 2.24) is 0 Å². The van der Waals surface area contributed by atoms with E-state index < -0.39 is 5.92 Å². The number of nitrogens with one attached hydrogen (secondary N) is 2. The fraction of sp³-hybridized carbons (Fsp3) is 0.333. The van der Waals surface area contributed by atoms with Gasteiger partial charge in [0.05, 0.1) is 12.5 Å². The van der Waals surface area contributed by atoms with Gasteiger partial charge < -0.3 is 15.7 Å². The zero-order chi connectivity index (χ0) is 19.2. The minimum Gasteiger partial charge on any atom is -0.395 e. The molecular weight excluding hydrogens is 328 g/mol. The molecule has 0 heterocycles. The molecule has 0 aliphatic carbocycles. The minimum atomic E-state index is -0.643. The van der Waals surface area contributed by atoms with Gasteiger partial charge in [-0.1, -0.05) is 57.2 Å². The van der Waals surface area contributed by atoms with E-state index in [4.69, 9.17) is 0 Å². The largest absolute Gasteiger partial charge is 0.395 e. The first-order valence-corrected chi connectivity index (χ1v) is 8.65. The Hall–Kier alpha value is -2.66. The first-order chi connectivity index (χ1) is 12.3. The Morgan fingerprint density at radius 1 is 0.962 bits per heavy atom. The van der Waals surface area contributed by atoms with Gasteiger partial charge in [0.2, 0.25) is 11.8 Å². The Morgan fingerprint density at radius 3 is 2.15 bits per heavy atom.